The number of piperidine rings is 1. The Morgan fingerprint density at radius 2 is 1.94 bits per heavy atom. The Bertz CT molecular complexity index is 925. The van der Waals surface area contributed by atoms with Crippen molar-refractivity contribution in [1.82, 2.24) is 29.9 Å². The lowest BCUT2D eigenvalue weighted by atomic mass is 9.96. The molecule has 1 unspecified atom stereocenters. The van der Waals surface area contributed by atoms with Crippen LogP contribution in [-0.4, -0.2) is 63.7 Å². The number of benzene rings is 1. The van der Waals surface area contributed by atoms with Gasteiger partial charge in [-0.3, -0.25) is 9.69 Å². The zero-order chi connectivity index (χ0) is 22.0. The molecule has 0 radical (unpaired) electrons. The SMILES string of the molecule is CC(NC(=O)C1CCN(C)CC1)c1nnc2n1CCN(Cc1ccc(F)cc1F)CC2. The van der Waals surface area contributed by atoms with Crippen molar-refractivity contribution in [2.24, 2.45) is 5.92 Å². The molecule has 168 valence electrons. The summed E-state index contributed by atoms with van der Waals surface area (Å²) >= 11 is 0. The molecule has 0 saturated carbocycles. The molecule has 1 saturated heterocycles. The molecule has 1 aromatic carbocycles. The lowest BCUT2D eigenvalue weighted by Crippen LogP contribution is -2.40. The lowest BCUT2D eigenvalue weighted by Gasteiger charge is -2.29. The van der Waals surface area contributed by atoms with Gasteiger partial charge in [0.25, 0.3) is 0 Å². The molecule has 2 aliphatic rings. The second kappa shape index (κ2) is 9.40. The van der Waals surface area contributed by atoms with Crippen molar-refractivity contribution in [2.75, 3.05) is 33.2 Å². The molecular weight excluding hydrogens is 402 g/mol. The summed E-state index contributed by atoms with van der Waals surface area (Å²) in [6.07, 6.45) is 2.44. The summed E-state index contributed by atoms with van der Waals surface area (Å²) < 4.78 is 29.3. The number of rotatable bonds is 5. The van der Waals surface area contributed by atoms with Crippen LogP contribution in [0.3, 0.4) is 0 Å². The maximum atomic E-state index is 14.0. The van der Waals surface area contributed by atoms with Crippen LogP contribution in [-0.2, 0) is 24.3 Å². The molecule has 1 N–H and O–H groups in total. The standard InChI is InChI=1S/C22H30F2N6O/c1-15(25-22(31)16-5-8-28(2)9-6-16)21-27-26-20-7-10-29(11-12-30(20)21)14-17-3-4-18(23)13-19(17)24/h3-4,13,15-16H,5-12,14H2,1-2H3,(H,25,31). The molecule has 31 heavy (non-hydrogen) atoms. The highest BCUT2D eigenvalue weighted by Gasteiger charge is 2.27. The Morgan fingerprint density at radius 1 is 1.16 bits per heavy atom. The van der Waals surface area contributed by atoms with E-state index in [-0.39, 0.29) is 17.9 Å². The molecule has 1 fully saturated rings. The molecule has 7 nitrogen and oxygen atoms in total. The van der Waals surface area contributed by atoms with Gasteiger partial charge in [0.05, 0.1) is 6.04 Å². The van der Waals surface area contributed by atoms with Gasteiger partial charge in [-0.15, -0.1) is 10.2 Å². The fraction of sp³-hybridized carbons (Fsp3) is 0.591. The first-order valence-corrected chi connectivity index (χ1v) is 11.0. The van der Waals surface area contributed by atoms with Crippen molar-refractivity contribution in [1.29, 1.82) is 0 Å². The molecule has 2 aliphatic heterocycles. The number of nitrogens with zero attached hydrogens (tertiary/aromatic N) is 5. The number of likely N-dealkylation sites (tertiary alicyclic amines) is 1. The number of nitrogens with one attached hydrogen (secondary N) is 1. The van der Waals surface area contributed by atoms with Gasteiger partial charge in [0, 0.05) is 50.1 Å². The van der Waals surface area contributed by atoms with E-state index in [0.29, 0.717) is 38.2 Å². The molecule has 1 atom stereocenters. The summed E-state index contributed by atoms with van der Waals surface area (Å²) in [5.74, 6) is 0.675. The monoisotopic (exact) mass is 432 g/mol. The molecule has 1 amide bonds. The van der Waals surface area contributed by atoms with Gasteiger partial charge < -0.3 is 14.8 Å². The Hall–Kier alpha value is -2.39. The van der Waals surface area contributed by atoms with Crippen molar-refractivity contribution >= 4 is 5.91 Å². The molecule has 9 heteroatoms. The van der Waals surface area contributed by atoms with E-state index in [1.54, 1.807) is 0 Å². The summed E-state index contributed by atoms with van der Waals surface area (Å²) in [5.41, 5.74) is 0.484. The van der Waals surface area contributed by atoms with E-state index in [1.165, 1.54) is 12.1 Å². The number of amides is 1. The molecule has 4 rings (SSSR count). The van der Waals surface area contributed by atoms with Crippen LogP contribution in [0.1, 0.15) is 43.0 Å². The van der Waals surface area contributed by atoms with E-state index in [0.717, 1.165) is 43.6 Å². The van der Waals surface area contributed by atoms with Gasteiger partial charge in [0.15, 0.2) is 5.82 Å². The van der Waals surface area contributed by atoms with Gasteiger partial charge in [-0.2, -0.15) is 0 Å². The van der Waals surface area contributed by atoms with E-state index in [9.17, 15) is 13.6 Å². The second-order valence-electron chi connectivity index (χ2n) is 8.70. The van der Waals surface area contributed by atoms with Crippen LogP contribution < -0.4 is 5.32 Å². The van der Waals surface area contributed by atoms with Crippen LogP contribution in [0, 0.1) is 17.6 Å². The van der Waals surface area contributed by atoms with E-state index >= 15 is 0 Å². The van der Waals surface area contributed by atoms with Crippen LogP contribution in [0.15, 0.2) is 18.2 Å². The summed E-state index contributed by atoms with van der Waals surface area (Å²) in [7, 11) is 2.08. The van der Waals surface area contributed by atoms with Crippen LogP contribution in [0.5, 0.6) is 0 Å². The first-order chi connectivity index (χ1) is 14.9. The Kier molecular flexibility index (Phi) is 6.62. The average molecular weight is 433 g/mol. The number of fused-ring (bicyclic) bond motifs is 1. The van der Waals surface area contributed by atoms with Crippen molar-refractivity contribution in [3.63, 3.8) is 0 Å². The van der Waals surface area contributed by atoms with Crippen molar-refractivity contribution < 1.29 is 13.6 Å². The molecule has 0 spiro atoms. The fourth-order valence-corrected chi connectivity index (χ4v) is 4.42. The lowest BCUT2D eigenvalue weighted by molar-refractivity contribution is -0.127. The summed E-state index contributed by atoms with van der Waals surface area (Å²) in [6, 6.07) is 3.49. The summed E-state index contributed by atoms with van der Waals surface area (Å²) in [5, 5.41) is 11.8. The highest BCUT2D eigenvalue weighted by molar-refractivity contribution is 5.79. The molecule has 1 aromatic heterocycles. The van der Waals surface area contributed by atoms with Gasteiger partial charge in [0.2, 0.25) is 5.91 Å². The molecule has 3 heterocycles. The van der Waals surface area contributed by atoms with Crippen molar-refractivity contribution in [3.05, 3.63) is 47.0 Å². The molecule has 2 aromatic rings. The van der Waals surface area contributed by atoms with Gasteiger partial charge in [0.1, 0.15) is 17.5 Å². The van der Waals surface area contributed by atoms with E-state index < -0.39 is 11.6 Å². The summed E-state index contributed by atoms with van der Waals surface area (Å²) in [6.45, 7) is 6.32. The number of aromatic nitrogens is 3. The zero-order valence-corrected chi connectivity index (χ0v) is 18.2. The first-order valence-electron chi connectivity index (χ1n) is 11.0. The minimum absolute atomic E-state index is 0.0475. The quantitative estimate of drug-likeness (QED) is 0.784. The topological polar surface area (TPSA) is 66.3 Å². The Balaban J connectivity index is 1.37. The molecular formula is C22H30F2N6O. The number of carbonyl (C=O) groups is 1. The molecule has 0 bridgehead atoms. The largest absolute Gasteiger partial charge is 0.346 e. The number of halogens is 2. The smallest absolute Gasteiger partial charge is 0.223 e. The van der Waals surface area contributed by atoms with Crippen molar-refractivity contribution in [3.8, 4) is 0 Å². The predicted octanol–water partition coefficient (Wildman–Crippen LogP) is 2.13. The van der Waals surface area contributed by atoms with Crippen LogP contribution in [0.2, 0.25) is 0 Å². The Labute approximate surface area is 181 Å². The summed E-state index contributed by atoms with van der Waals surface area (Å²) in [4.78, 5) is 17.1. The van der Waals surface area contributed by atoms with Gasteiger partial charge in [-0.1, -0.05) is 6.07 Å². The third kappa shape index (κ3) is 5.10. The average Bonchev–Trinajstić information content (AvgIpc) is 3.05. The van der Waals surface area contributed by atoms with E-state index in [2.05, 4.69) is 36.9 Å². The van der Waals surface area contributed by atoms with Crippen LogP contribution in [0.4, 0.5) is 8.78 Å². The first kappa shape index (κ1) is 21.8. The minimum atomic E-state index is -0.566. The molecule has 0 aliphatic carbocycles. The van der Waals surface area contributed by atoms with Crippen molar-refractivity contribution in [2.45, 2.75) is 45.3 Å². The van der Waals surface area contributed by atoms with E-state index in [4.69, 9.17) is 0 Å². The van der Waals surface area contributed by atoms with E-state index in [1.807, 2.05) is 6.92 Å². The minimum Gasteiger partial charge on any atom is -0.346 e. The highest BCUT2D eigenvalue weighted by atomic mass is 19.1. The normalized spacial score (nSPS) is 19.6. The fourth-order valence-electron chi connectivity index (χ4n) is 4.42. The van der Waals surface area contributed by atoms with Gasteiger partial charge >= 0.3 is 0 Å². The van der Waals surface area contributed by atoms with Gasteiger partial charge in [-0.25, -0.2) is 8.78 Å². The number of carbonyl (C=O) groups excluding carboxylic acids is 1. The Morgan fingerprint density at radius 3 is 2.68 bits per heavy atom. The maximum Gasteiger partial charge on any atom is 0.223 e. The maximum absolute atomic E-state index is 14.0. The number of hydrogen-bond donors (Lipinski definition) is 1. The van der Waals surface area contributed by atoms with Crippen LogP contribution >= 0.6 is 0 Å². The zero-order valence-electron chi connectivity index (χ0n) is 18.2. The van der Waals surface area contributed by atoms with Crippen LogP contribution in [0.25, 0.3) is 0 Å². The third-order valence-electron chi connectivity index (χ3n) is 6.39. The second-order valence-corrected chi connectivity index (χ2v) is 8.70. The highest BCUT2D eigenvalue weighted by Crippen LogP contribution is 2.21. The van der Waals surface area contributed by atoms with Gasteiger partial charge in [-0.05, 0) is 46.0 Å². The predicted molar refractivity (Wildman–Crippen MR) is 112 cm³/mol. The number of hydrogen-bond acceptors (Lipinski definition) is 5. The third-order valence-corrected chi connectivity index (χ3v) is 6.39.